The second-order valence-corrected chi connectivity index (χ2v) is 9.14. The number of carbonyl (C=O) groups is 1. The lowest BCUT2D eigenvalue weighted by atomic mass is 9.96. The van der Waals surface area contributed by atoms with Gasteiger partial charge in [-0.25, -0.2) is 0 Å². The lowest BCUT2D eigenvalue weighted by Crippen LogP contribution is -2.57. The molecule has 0 spiro atoms. The van der Waals surface area contributed by atoms with Crippen molar-refractivity contribution in [2.75, 3.05) is 60.0 Å². The first-order chi connectivity index (χ1) is 15.1. The number of piperazine rings is 1. The summed E-state index contributed by atoms with van der Waals surface area (Å²) < 4.78 is 5.30. The predicted octanol–water partition coefficient (Wildman–Crippen LogP) is 2.55. The number of nitrogens with one attached hydrogen (secondary N) is 1. The van der Waals surface area contributed by atoms with Crippen molar-refractivity contribution < 1.29 is 9.53 Å². The smallest absolute Gasteiger partial charge is 0.239 e. The van der Waals surface area contributed by atoms with Crippen LogP contribution in [0.5, 0.6) is 5.75 Å². The van der Waals surface area contributed by atoms with E-state index in [-0.39, 0.29) is 35.4 Å². The van der Waals surface area contributed by atoms with Crippen LogP contribution in [0, 0.1) is 0 Å². The van der Waals surface area contributed by atoms with Gasteiger partial charge in [0.05, 0.1) is 13.2 Å². The highest BCUT2D eigenvalue weighted by molar-refractivity contribution is 14.0. The zero-order valence-electron chi connectivity index (χ0n) is 19.7. The fraction of sp³-hybridized carbons (Fsp3) is 0.667. The zero-order valence-corrected chi connectivity index (χ0v) is 22.0. The van der Waals surface area contributed by atoms with Crippen LogP contribution in [0.2, 0.25) is 0 Å². The first kappa shape index (κ1) is 25.1. The molecule has 2 heterocycles. The first-order valence-corrected chi connectivity index (χ1v) is 11.7. The van der Waals surface area contributed by atoms with E-state index < -0.39 is 0 Å². The van der Waals surface area contributed by atoms with Crippen LogP contribution in [0.3, 0.4) is 0 Å². The van der Waals surface area contributed by atoms with Crippen molar-refractivity contribution in [2.45, 2.75) is 44.1 Å². The number of guanidine groups is 1. The minimum absolute atomic E-state index is 0. The zero-order chi connectivity index (χ0) is 21.8. The van der Waals surface area contributed by atoms with E-state index in [2.05, 4.69) is 39.2 Å². The molecular weight excluding hydrogens is 517 g/mol. The fourth-order valence-corrected chi connectivity index (χ4v) is 4.92. The van der Waals surface area contributed by atoms with Gasteiger partial charge in [0.15, 0.2) is 5.96 Å². The number of ether oxygens (including phenoxy) is 1. The Labute approximate surface area is 209 Å². The molecule has 1 N–H and O–H groups in total. The summed E-state index contributed by atoms with van der Waals surface area (Å²) >= 11 is 0. The van der Waals surface area contributed by atoms with Gasteiger partial charge in [0.1, 0.15) is 5.75 Å². The molecule has 1 amide bonds. The third-order valence-electron chi connectivity index (χ3n) is 7.29. The molecule has 3 aliphatic rings. The second kappa shape index (κ2) is 11.0. The lowest BCUT2D eigenvalue weighted by molar-refractivity contribution is -0.135. The fourth-order valence-electron chi connectivity index (χ4n) is 4.92. The van der Waals surface area contributed by atoms with Crippen LogP contribution < -0.4 is 10.1 Å². The van der Waals surface area contributed by atoms with Gasteiger partial charge in [-0.3, -0.25) is 14.7 Å². The Morgan fingerprint density at radius 1 is 1.06 bits per heavy atom. The number of aliphatic imine (C=N–C) groups is 1. The van der Waals surface area contributed by atoms with Crippen LogP contribution in [0.4, 0.5) is 0 Å². The molecule has 7 nitrogen and oxygen atoms in total. The third-order valence-corrected chi connectivity index (χ3v) is 7.29. The second-order valence-electron chi connectivity index (χ2n) is 9.14. The van der Waals surface area contributed by atoms with Crippen LogP contribution in [-0.2, 0) is 10.2 Å². The Morgan fingerprint density at radius 2 is 1.69 bits per heavy atom. The number of nitrogens with zero attached hydrogens (tertiary/aromatic N) is 4. The first-order valence-electron chi connectivity index (χ1n) is 11.7. The molecule has 2 saturated heterocycles. The molecule has 4 rings (SSSR count). The Kier molecular flexibility index (Phi) is 8.66. The average molecular weight is 556 g/mol. The van der Waals surface area contributed by atoms with Crippen molar-refractivity contribution in [1.82, 2.24) is 20.0 Å². The average Bonchev–Trinajstić information content (AvgIpc) is 3.41. The van der Waals surface area contributed by atoms with Crippen molar-refractivity contribution in [3.63, 3.8) is 0 Å². The molecule has 1 saturated carbocycles. The molecule has 3 fully saturated rings. The van der Waals surface area contributed by atoms with E-state index in [9.17, 15) is 4.79 Å². The number of hydrogen-bond acceptors (Lipinski definition) is 4. The van der Waals surface area contributed by atoms with Crippen molar-refractivity contribution in [3.8, 4) is 5.75 Å². The Balaban J connectivity index is 0.00000289. The quantitative estimate of drug-likeness (QED) is 0.332. The maximum atomic E-state index is 12.7. The number of methoxy groups -OCH3 is 1. The SMILES string of the molecule is CN=C(NCC1(c2ccc(OC)cc2)CC1)N1CCN(C(C)C(=O)N2CCCC2)CC1.I. The molecule has 1 unspecified atom stereocenters. The van der Waals surface area contributed by atoms with E-state index in [0.29, 0.717) is 5.91 Å². The van der Waals surface area contributed by atoms with Crippen LogP contribution in [0.1, 0.15) is 38.2 Å². The summed E-state index contributed by atoms with van der Waals surface area (Å²) in [7, 11) is 3.57. The molecule has 8 heteroatoms. The molecular formula is C24H38IN5O2. The van der Waals surface area contributed by atoms with E-state index in [0.717, 1.165) is 70.4 Å². The summed E-state index contributed by atoms with van der Waals surface area (Å²) in [5.74, 6) is 2.17. The van der Waals surface area contributed by atoms with Gasteiger partial charge >= 0.3 is 0 Å². The van der Waals surface area contributed by atoms with Crippen molar-refractivity contribution in [1.29, 1.82) is 0 Å². The number of rotatable bonds is 6. The summed E-state index contributed by atoms with van der Waals surface area (Å²) in [5, 5.41) is 3.63. The Morgan fingerprint density at radius 3 is 2.22 bits per heavy atom. The largest absolute Gasteiger partial charge is 0.497 e. The van der Waals surface area contributed by atoms with Crippen molar-refractivity contribution in [3.05, 3.63) is 29.8 Å². The lowest BCUT2D eigenvalue weighted by Gasteiger charge is -2.39. The number of halogens is 1. The van der Waals surface area contributed by atoms with Crippen molar-refractivity contribution >= 4 is 35.8 Å². The van der Waals surface area contributed by atoms with Gasteiger partial charge in [0.2, 0.25) is 5.91 Å². The van der Waals surface area contributed by atoms with E-state index in [1.54, 1.807) is 7.11 Å². The molecule has 1 aromatic carbocycles. The summed E-state index contributed by atoms with van der Waals surface area (Å²) in [6, 6.07) is 8.45. The highest BCUT2D eigenvalue weighted by Gasteiger charge is 2.44. The van der Waals surface area contributed by atoms with Gasteiger partial charge in [0, 0.05) is 58.3 Å². The third kappa shape index (κ3) is 5.50. The van der Waals surface area contributed by atoms with E-state index in [1.165, 1.54) is 18.4 Å². The Hall–Kier alpha value is -1.55. The summed E-state index contributed by atoms with van der Waals surface area (Å²) in [4.78, 5) is 24.0. The van der Waals surface area contributed by atoms with E-state index in [1.807, 2.05) is 24.1 Å². The molecule has 1 atom stereocenters. The van der Waals surface area contributed by atoms with Gasteiger partial charge in [-0.05, 0) is 50.3 Å². The minimum Gasteiger partial charge on any atom is -0.497 e. The number of carbonyl (C=O) groups excluding carboxylic acids is 1. The van der Waals surface area contributed by atoms with E-state index >= 15 is 0 Å². The van der Waals surface area contributed by atoms with Gasteiger partial charge in [-0.15, -0.1) is 24.0 Å². The summed E-state index contributed by atoms with van der Waals surface area (Å²) in [5.41, 5.74) is 1.58. The number of amides is 1. The number of likely N-dealkylation sites (tertiary alicyclic amines) is 1. The monoisotopic (exact) mass is 555 g/mol. The van der Waals surface area contributed by atoms with Crippen LogP contribution in [0.15, 0.2) is 29.3 Å². The highest BCUT2D eigenvalue weighted by atomic mass is 127. The van der Waals surface area contributed by atoms with E-state index in [4.69, 9.17) is 4.74 Å². The highest BCUT2D eigenvalue weighted by Crippen LogP contribution is 2.47. The molecule has 0 bridgehead atoms. The molecule has 2 aliphatic heterocycles. The van der Waals surface area contributed by atoms with Gasteiger partial charge in [-0.1, -0.05) is 12.1 Å². The molecule has 1 aromatic rings. The molecule has 0 radical (unpaired) electrons. The number of benzene rings is 1. The summed E-state index contributed by atoms with van der Waals surface area (Å²) in [6.45, 7) is 8.40. The molecule has 1 aliphatic carbocycles. The van der Waals surface area contributed by atoms with Crippen molar-refractivity contribution in [2.24, 2.45) is 4.99 Å². The maximum absolute atomic E-state index is 12.7. The summed E-state index contributed by atoms with van der Waals surface area (Å²) in [6.07, 6.45) is 4.69. The normalized spacial score (nSPS) is 21.7. The van der Waals surface area contributed by atoms with Crippen LogP contribution >= 0.6 is 24.0 Å². The maximum Gasteiger partial charge on any atom is 0.239 e. The van der Waals surface area contributed by atoms with Gasteiger partial charge < -0.3 is 19.9 Å². The van der Waals surface area contributed by atoms with Gasteiger partial charge in [0.25, 0.3) is 0 Å². The molecule has 0 aromatic heterocycles. The van der Waals surface area contributed by atoms with Crippen LogP contribution in [-0.4, -0.2) is 92.6 Å². The van der Waals surface area contributed by atoms with Crippen LogP contribution in [0.25, 0.3) is 0 Å². The Bertz CT molecular complexity index is 782. The molecule has 32 heavy (non-hydrogen) atoms. The number of hydrogen-bond donors (Lipinski definition) is 1. The topological polar surface area (TPSA) is 60.4 Å². The standard InChI is InChI=1S/C24H37N5O2.HI/c1-19(22(30)28-12-4-5-13-28)27-14-16-29(17-15-27)23(25-2)26-18-24(10-11-24)20-6-8-21(31-3)9-7-20;/h6-9,19H,4-5,10-18H2,1-3H3,(H,25,26);1H. The molecule has 178 valence electrons. The van der Waals surface area contributed by atoms with Gasteiger partial charge in [-0.2, -0.15) is 0 Å². The predicted molar refractivity (Wildman–Crippen MR) is 139 cm³/mol. The minimum atomic E-state index is -0.0278.